The van der Waals surface area contributed by atoms with Crippen LogP contribution < -0.4 is 27.2 Å². The first-order chi connectivity index (χ1) is 16.2. The summed E-state index contributed by atoms with van der Waals surface area (Å²) in [7, 11) is 1.37. The maximum atomic E-state index is 12.9. The molecule has 11 heteroatoms. The number of aromatic nitrogens is 2. The van der Waals surface area contributed by atoms with Gasteiger partial charge >= 0.3 is 11.7 Å². The molecule has 2 aliphatic rings. The fourth-order valence-electron chi connectivity index (χ4n) is 4.70. The highest BCUT2D eigenvalue weighted by Crippen LogP contribution is 2.33. The number of nitrogens with two attached hydrogens (primary N) is 1. The monoisotopic (exact) mass is 468 g/mol. The molecule has 2 heterocycles. The van der Waals surface area contributed by atoms with E-state index in [0.29, 0.717) is 12.8 Å². The number of H-pyrrole nitrogens is 1. The van der Waals surface area contributed by atoms with Gasteiger partial charge in [0.05, 0.1) is 6.54 Å². The van der Waals surface area contributed by atoms with Gasteiger partial charge in [0.25, 0.3) is 11.5 Å². The van der Waals surface area contributed by atoms with E-state index in [2.05, 4.69) is 10.3 Å². The number of carbonyl (C=O) groups is 3. The van der Waals surface area contributed by atoms with Gasteiger partial charge in [-0.1, -0.05) is 49.6 Å². The second-order valence-corrected chi connectivity index (χ2v) is 8.80. The molecular weight excluding hydrogens is 440 g/mol. The summed E-state index contributed by atoms with van der Waals surface area (Å²) in [5, 5.41) is 2.81. The molecule has 4 N–H and O–H groups in total. The predicted molar refractivity (Wildman–Crippen MR) is 125 cm³/mol. The Morgan fingerprint density at radius 2 is 1.76 bits per heavy atom. The van der Waals surface area contributed by atoms with Gasteiger partial charge in [-0.3, -0.25) is 28.8 Å². The third-order valence-electron chi connectivity index (χ3n) is 6.61. The second-order valence-electron chi connectivity index (χ2n) is 8.80. The Morgan fingerprint density at radius 3 is 2.44 bits per heavy atom. The number of rotatable bonds is 6. The molecule has 4 amide bonds. The molecule has 180 valence electrons. The van der Waals surface area contributed by atoms with Crippen LogP contribution in [0, 0.1) is 0 Å². The number of benzene rings is 1. The van der Waals surface area contributed by atoms with Crippen molar-refractivity contribution < 1.29 is 14.4 Å². The molecule has 1 saturated carbocycles. The van der Waals surface area contributed by atoms with Gasteiger partial charge in [-0.2, -0.15) is 0 Å². The summed E-state index contributed by atoms with van der Waals surface area (Å²) in [4.78, 5) is 67.5. The van der Waals surface area contributed by atoms with Crippen LogP contribution >= 0.6 is 0 Å². The Bertz CT molecular complexity index is 1230. The van der Waals surface area contributed by atoms with E-state index in [1.165, 1.54) is 11.6 Å². The van der Waals surface area contributed by atoms with Crippen molar-refractivity contribution in [3.05, 3.63) is 56.7 Å². The van der Waals surface area contributed by atoms with E-state index < -0.39 is 28.7 Å². The third kappa shape index (κ3) is 4.20. The molecule has 1 aliphatic heterocycles. The standard InChI is InChI=1S/C23H28N6O5/c1-27(16(30)10-13-28-20(32)23(26-22(28)34)11-6-3-7-12-23)17-18(24)29(21(33)25-19(17)31)14-15-8-4-2-5-9-15/h2,4-5,8-9H,3,6-7,10-14,24H2,1H3,(H,26,34)(H,25,31,33). The zero-order chi connectivity index (χ0) is 24.5. The number of aromatic amines is 1. The minimum absolute atomic E-state index is 0.113. The second kappa shape index (κ2) is 9.16. The van der Waals surface area contributed by atoms with Gasteiger partial charge in [0.2, 0.25) is 5.91 Å². The summed E-state index contributed by atoms with van der Waals surface area (Å²) in [6.07, 6.45) is 3.75. The van der Waals surface area contributed by atoms with Crippen LogP contribution in [0.25, 0.3) is 0 Å². The van der Waals surface area contributed by atoms with Crippen LogP contribution in [-0.2, 0) is 16.1 Å². The van der Waals surface area contributed by atoms with E-state index in [4.69, 9.17) is 5.73 Å². The minimum Gasteiger partial charge on any atom is -0.383 e. The topological polar surface area (TPSA) is 151 Å². The zero-order valence-electron chi connectivity index (χ0n) is 19.0. The molecule has 0 atom stereocenters. The van der Waals surface area contributed by atoms with E-state index in [-0.39, 0.29) is 36.9 Å². The van der Waals surface area contributed by atoms with Gasteiger partial charge in [-0.05, 0) is 18.4 Å². The molecule has 1 aromatic carbocycles. The average Bonchev–Trinajstić information content (AvgIpc) is 3.04. The van der Waals surface area contributed by atoms with E-state index >= 15 is 0 Å². The van der Waals surface area contributed by atoms with E-state index in [9.17, 15) is 24.0 Å². The maximum Gasteiger partial charge on any atom is 0.330 e. The van der Waals surface area contributed by atoms with E-state index in [1.54, 1.807) is 0 Å². The number of hydrogen-bond acceptors (Lipinski definition) is 6. The highest BCUT2D eigenvalue weighted by molar-refractivity contribution is 6.07. The van der Waals surface area contributed by atoms with Gasteiger partial charge in [0, 0.05) is 20.0 Å². The number of hydrogen-bond donors (Lipinski definition) is 3. The Labute approximate surface area is 195 Å². The average molecular weight is 469 g/mol. The first-order valence-corrected chi connectivity index (χ1v) is 11.3. The number of nitrogens with zero attached hydrogens (tertiary/aromatic N) is 3. The molecular formula is C23H28N6O5. The lowest BCUT2D eigenvalue weighted by Gasteiger charge is -2.30. The number of anilines is 2. The summed E-state index contributed by atoms with van der Waals surface area (Å²) in [6, 6.07) is 8.57. The molecule has 11 nitrogen and oxygen atoms in total. The van der Waals surface area contributed by atoms with Crippen molar-refractivity contribution >= 4 is 29.4 Å². The zero-order valence-corrected chi connectivity index (χ0v) is 19.0. The Hall–Kier alpha value is -3.89. The molecule has 1 spiro atoms. The number of amides is 4. The highest BCUT2D eigenvalue weighted by Gasteiger charge is 2.51. The summed E-state index contributed by atoms with van der Waals surface area (Å²) >= 11 is 0. The fraction of sp³-hybridized carbons (Fsp3) is 0.435. The molecule has 2 aromatic rings. The van der Waals surface area contributed by atoms with Crippen molar-refractivity contribution in [2.75, 3.05) is 24.2 Å². The Balaban J connectivity index is 1.50. The lowest BCUT2D eigenvalue weighted by molar-refractivity contribution is -0.132. The molecule has 1 aliphatic carbocycles. The SMILES string of the molecule is CN(C(=O)CCN1C(=O)NC2(CCCCC2)C1=O)c1c(N)n(Cc2ccccc2)c(=O)[nH]c1=O. The van der Waals surface area contributed by atoms with Crippen LogP contribution in [-0.4, -0.2) is 51.4 Å². The molecule has 0 radical (unpaired) electrons. The summed E-state index contributed by atoms with van der Waals surface area (Å²) < 4.78 is 1.18. The molecule has 1 saturated heterocycles. The summed E-state index contributed by atoms with van der Waals surface area (Å²) in [5.41, 5.74) is 4.43. The first-order valence-electron chi connectivity index (χ1n) is 11.3. The van der Waals surface area contributed by atoms with Crippen molar-refractivity contribution in [1.82, 2.24) is 19.8 Å². The van der Waals surface area contributed by atoms with E-state index in [0.717, 1.165) is 34.6 Å². The largest absolute Gasteiger partial charge is 0.383 e. The molecule has 34 heavy (non-hydrogen) atoms. The molecule has 4 rings (SSSR count). The van der Waals surface area contributed by atoms with E-state index in [1.807, 2.05) is 30.3 Å². The first kappa shape index (κ1) is 23.3. The normalized spacial score (nSPS) is 17.1. The van der Waals surface area contributed by atoms with Gasteiger partial charge in [0.15, 0.2) is 5.69 Å². The quantitative estimate of drug-likeness (QED) is 0.533. The Kier molecular flexibility index (Phi) is 6.27. The van der Waals surface area contributed by atoms with Crippen LogP contribution in [0.2, 0.25) is 0 Å². The van der Waals surface area contributed by atoms with Crippen LogP contribution in [0.4, 0.5) is 16.3 Å². The number of carbonyl (C=O) groups excluding carboxylic acids is 3. The highest BCUT2D eigenvalue weighted by atomic mass is 16.2. The molecule has 0 bridgehead atoms. The maximum absolute atomic E-state index is 12.9. The van der Waals surface area contributed by atoms with Crippen molar-refractivity contribution in [2.24, 2.45) is 0 Å². The third-order valence-corrected chi connectivity index (χ3v) is 6.61. The lowest BCUT2D eigenvalue weighted by Crippen LogP contribution is -2.48. The van der Waals surface area contributed by atoms with Crippen molar-refractivity contribution in [2.45, 2.75) is 50.6 Å². The predicted octanol–water partition coefficient (Wildman–Crippen LogP) is 0.775. The number of nitrogen functional groups attached to an aromatic ring is 1. The number of imide groups is 1. The van der Waals surface area contributed by atoms with Crippen LogP contribution in [0.1, 0.15) is 44.1 Å². The van der Waals surface area contributed by atoms with Crippen LogP contribution in [0.5, 0.6) is 0 Å². The van der Waals surface area contributed by atoms with Gasteiger partial charge in [-0.15, -0.1) is 0 Å². The number of nitrogens with one attached hydrogen (secondary N) is 2. The summed E-state index contributed by atoms with van der Waals surface area (Å²) in [6.45, 7) is -0.00109. The number of urea groups is 1. The van der Waals surface area contributed by atoms with Gasteiger partial charge in [-0.25, -0.2) is 9.59 Å². The minimum atomic E-state index is -0.862. The van der Waals surface area contributed by atoms with Crippen molar-refractivity contribution in [1.29, 1.82) is 0 Å². The van der Waals surface area contributed by atoms with Crippen molar-refractivity contribution in [3.8, 4) is 0 Å². The molecule has 0 unspecified atom stereocenters. The Morgan fingerprint density at radius 1 is 1.09 bits per heavy atom. The molecule has 1 aromatic heterocycles. The van der Waals surface area contributed by atoms with Crippen molar-refractivity contribution in [3.63, 3.8) is 0 Å². The molecule has 2 fully saturated rings. The van der Waals surface area contributed by atoms with Gasteiger partial charge < -0.3 is 16.0 Å². The van der Waals surface area contributed by atoms with Crippen LogP contribution in [0.3, 0.4) is 0 Å². The summed E-state index contributed by atoms with van der Waals surface area (Å²) in [5.74, 6) is -0.974. The van der Waals surface area contributed by atoms with Crippen LogP contribution in [0.15, 0.2) is 39.9 Å². The van der Waals surface area contributed by atoms with Gasteiger partial charge in [0.1, 0.15) is 11.4 Å². The lowest BCUT2D eigenvalue weighted by atomic mass is 9.82. The fourth-order valence-corrected chi connectivity index (χ4v) is 4.70. The smallest absolute Gasteiger partial charge is 0.330 e.